The fraction of sp³-hybridized carbons (Fsp3) is 0.263. The molecule has 1 atom stereocenters. The Hall–Kier alpha value is -2.06. The van der Waals surface area contributed by atoms with Crippen molar-refractivity contribution in [2.75, 3.05) is 6.54 Å². The van der Waals surface area contributed by atoms with Crippen molar-refractivity contribution in [3.8, 4) is 0 Å². The number of aromatic nitrogens is 1. The van der Waals surface area contributed by atoms with Gasteiger partial charge in [-0.05, 0) is 48.9 Å². The van der Waals surface area contributed by atoms with E-state index in [9.17, 15) is 0 Å². The van der Waals surface area contributed by atoms with Gasteiger partial charge in [-0.1, -0.05) is 48.5 Å². The van der Waals surface area contributed by atoms with Gasteiger partial charge in [-0.15, -0.1) is 0 Å². The first-order valence-electron chi connectivity index (χ1n) is 7.66. The van der Waals surface area contributed by atoms with Gasteiger partial charge in [0.2, 0.25) is 0 Å². The van der Waals surface area contributed by atoms with Gasteiger partial charge in [0.25, 0.3) is 0 Å². The fourth-order valence-electron chi connectivity index (χ4n) is 3.07. The molecule has 0 bridgehead atoms. The molecule has 1 heterocycles. The van der Waals surface area contributed by atoms with Gasteiger partial charge in [0.15, 0.2) is 0 Å². The summed E-state index contributed by atoms with van der Waals surface area (Å²) in [6.07, 6.45) is 5.39. The molecular weight excluding hydrogens is 256 g/mol. The van der Waals surface area contributed by atoms with E-state index < -0.39 is 0 Å². The highest BCUT2D eigenvalue weighted by Crippen LogP contribution is 2.23. The first-order chi connectivity index (χ1) is 10.4. The number of nitrogens with two attached hydrogens (primary N) is 1. The van der Waals surface area contributed by atoms with Crippen molar-refractivity contribution in [1.29, 1.82) is 0 Å². The number of aromatic amines is 1. The third-order valence-corrected chi connectivity index (χ3v) is 4.13. The first-order valence-corrected chi connectivity index (χ1v) is 7.66. The van der Waals surface area contributed by atoms with Crippen LogP contribution in [0.2, 0.25) is 0 Å². The Kier molecular flexibility index (Phi) is 4.37. The van der Waals surface area contributed by atoms with Crippen LogP contribution in [0.3, 0.4) is 0 Å². The maximum absolute atomic E-state index is 5.82. The molecule has 2 heteroatoms. The molecule has 1 aromatic heterocycles. The summed E-state index contributed by atoms with van der Waals surface area (Å²) in [5.74, 6) is 0.594. The van der Waals surface area contributed by atoms with Crippen LogP contribution in [0, 0.1) is 5.92 Å². The molecule has 3 aromatic rings. The Balaban J connectivity index is 1.78. The normalized spacial score (nSPS) is 12.6. The highest BCUT2D eigenvalue weighted by Gasteiger charge is 2.12. The minimum atomic E-state index is 0.594. The summed E-state index contributed by atoms with van der Waals surface area (Å²) in [7, 11) is 0. The van der Waals surface area contributed by atoms with Crippen LogP contribution in [0.15, 0.2) is 60.8 Å². The number of H-pyrrole nitrogens is 1. The van der Waals surface area contributed by atoms with Crippen molar-refractivity contribution in [3.05, 3.63) is 71.9 Å². The van der Waals surface area contributed by atoms with Crippen LogP contribution >= 0.6 is 0 Å². The average molecular weight is 278 g/mol. The van der Waals surface area contributed by atoms with Gasteiger partial charge in [-0.2, -0.15) is 0 Å². The third kappa shape index (κ3) is 3.34. The van der Waals surface area contributed by atoms with Crippen LogP contribution in [0.5, 0.6) is 0 Å². The van der Waals surface area contributed by atoms with Gasteiger partial charge >= 0.3 is 0 Å². The summed E-state index contributed by atoms with van der Waals surface area (Å²) in [5.41, 5.74) is 9.84. The van der Waals surface area contributed by atoms with Crippen molar-refractivity contribution in [1.82, 2.24) is 4.98 Å². The fourth-order valence-corrected chi connectivity index (χ4v) is 3.07. The second-order valence-corrected chi connectivity index (χ2v) is 5.70. The summed E-state index contributed by atoms with van der Waals surface area (Å²) in [6.45, 7) is 0.750. The summed E-state index contributed by atoms with van der Waals surface area (Å²) in [6, 6.07) is 19.2. The van der Waals surface area contributed by atoms with Crippen LogP contribution < -0.4 is 5.73 Å². The first kappa shape index (κ1) is 13.9. The summed E-state index contributed by atoms with van der Waals surface area (Å²) >= 11 is 0. The lowest BCUT2D eigenvalue weighted by Crippen LogP contribution is -2.14. The maximum atomic E-state index is 5.82. The van der Waals surface area contributed by atoms with E-state index in [1.165, 1.54) is 22.0 Å². The van der Waals surface area contributed by atoms with Crippen LogP contribution in [0.4, 0.5) is 0 Å². The van der Waals surface area contributed by atoms with E-state index in [2.05, 4.69) is 65.8 Å². The molecule has 0 saturated heterocycles. The van der Waals surface area contributed by atoms with Crippen LogP contribution in [0.25, 0.3) is 10.9 Å². The van der Waals surface area contributed by atoms with Gasteiger partial charge in [-0.3, -0.25) is 0 Å². The number of fused-ring (bicyclic) bond motifs is 1. The number of hydrogen-bond acceptors (Lipinski definition) is 1. The number of para-hydroxylation sites is 1. The zero-order valence-electron chi connectivity index (χ0n) is 12.3. The number of nitrogens with one attached hydrogen (secondary N) is 1. The smallest absolute Gasteiger partial charge is 0.0456 e. The van der Waals surface area contributed by atoms with E-state index >= 15 is 0 Å². The molecule has 0 aliphatic carbocycles. The Morgan fingerprint density at radius 3 is 2.48 bits per heavy atom. The Morgan fingerprint density at radius 1 is 0.905 bits per heavy atom. The van der Waals surface area contributed by atoms with Gasteiger partial charge in [0, 0.05) is 17.1 Å². The van der Waals surface area contributed by atoms with Crippen molar-refractivity contribution < 1.29 is 0 Å². The predicted molar refractivity (Wildman–Crippen MR) is 89.3 cm³/mol. The summed E-state index contributed by atoms with van der Waals surface area (Å²) in [4.78, 5) is 3.37. The maximum Gasteiger partial charge on any atom is 0.0456 e. The Morgan fingerprint density at radius 2 is 1.67 bits per heavy atom. The van der Waals surface area contributed by atoms with Gasteiger partial charge in [0.05, 0.1) is 0 Å². The lowest BCUT2D eigenvalue weighted by atomic mass is 9.90. The molecule has 2 nitrogen and oxygen atoms in total. The molecule has 3 rings (SSSR count). The van der Waals surface area contributed by atoms with Gasteiger partial charge in [0.1, 0.15) is 0 Å². The Bertz CT molecular complexity index is 685. The molecule has 21 heavy (non-hydrogen) atoms. The Labute approximate surface area is 126 Å². The molecule has 1 unspecified atom stereocenters. The van der Waals surface area contributed by atoms with Crippen LogP contribution in [-0.2, 0) is 12.8 Å². The number of hydrogen-bond donors (Lipinski definition) is 2. The minimum Gasteiger partial charge on any atom is -0.361 e. The number of benzene rings is 2. The van der Waals surface area contributed by atoms with E-state index in [4.69, 9.17) is 5.73 Å². The number of rotatable bonds is 6. The van der Waals surface area contributed by atoms with Crippen molar-refractivity contribution in [2.24, 2.45) is 11.7 Å². The highest BCUT2D eigenvalue weighted by molar-refractivity contribution is 5.83. The average Bonchev–Trinajstić information content (AvgIpc) is 2.92. The predicted octanol–water partition coefficient (Wildman–Crippen LogP) is 3.92. The monoisotopic (exact) mass is 278 g/mol. The summed E-state index contributed by atoms with van der Waals surface area (Å²) < 4.78 is 0. The molecule has 0 fully saturated rings. The molecule has 0 aliphatic heterocycles. The quantitative estimate of drug-likeness (QED) is 0.705. The molecule has 108 valence electrons. The van der Waals surface area contributed by atoms with Crippen molar-refractivity contribution in [3.63, 3.8) is 0 Å². The third-order valence-electron chi connectivity index (χ3n) is 4.13. The molecule has 2 aromatic carbocycles. The molecular formula is C19H22N2. The zero-order chi connectivity index (χ0) is 14.5. The summed E-state index contributed by atoms with van der Waals surface area (Å²) in [5, 5.41) is 1.34. The van der Waals surface area contributed by atoms with E-state index in [0.29, 0.717) is 5.92 Å². The molecule has 0 amide bonds. The zero-order valence-corrected chi connectivity index (χ0v) is 12.3. The molecule has 0 saturated carbocycles. The standard InChI is InChI=1S/C19H22N2/c20-11-10-16(12-15-6-2-1-3-7-15)13-17-14-21-19-9-5-4-8-18(17)19/h1-9,14,16,21H,10-13,20H2. The van der Waals surface area contributed by atoms with E-state index in [1.54, 1.807) is 0 Å². The van der Waals surface area contributed by atoms with Crippen molar-refractivity contribution >= 4 is 10.9 Å². The lowest BCUT2D eigenvalue weighted by Gasteiger charge is -2.16. The van der Waals surface area contributed by atoms with E-state index in [1.807, 2.05) is 0 Å². The van der Waals surface area contributed by atoms with Gasteiger partial charge in [-0.25, -0.2) is 0 Å². The molecule has 0 aliphatic rings. The van der Waals surface area contributed by atoms with E-state index in [-0.39, 0.29) is 0 Å². The lowest BCUT2D eigenvalue weighted by molar-refractivity contribution is 0.489. The van der Waals surface area contributed by atoms with Crippen LogP contribution in [0.1, 0.15) is 17.5 Å². The van der Waals surface area contributed by atoms with Crippen molar-refractivity contribution in [2.45, 2.75) is 19.3 Å². The highest BCUT2D eigenvalue weighted by atomic mass is 14.7. The molecule has 0 spiro atoms. The SMILES string of the molecule is NCCC(Cc1ccccc1)Cc1c[nH]c2ccccc12. The molecule has 3 N–H and O–H groups in total. The topological polar surface area (TPSA) is 41.8 Å². The van der Waals surface area contributed by atoms with Crippen LogP contribution in [-0.4, -0.2) is 11.5 Å². The second kappa shape index (κ2) is 6.59. The second-order valence-electron chi connectivity index (χ2n) is 5.70. The van der Waals surface area contributed by atoms with E-state index in [0.717, 1.165) is 25.8 Å². The molecule has 0 radical (unpaired) electrons. The minimum absolute atomic E-state index is 0.594. The largest absolute Gasteiger partial charge is 0.361 e. The van der Waals surface area contributed by atoms with Gasteiger partial charge < -0.3 is 10.7 Å².